The van der Waals surface area contributed by atoms with Gasteiger partial charge in [-0.2, -0.15) is 5.26 Å². The van der Waals surface area contributed by atoms with Gasteiger partial charge in [-0.25, -0.2) is 4.39 Å². The minimum Gasteiger partial charge on any atom is -0.366 e. The third-order valence-electron chi connectivity index (χ3n) is 4.11. The molecule has 1 amide bonds. The summed E-state index contributed by atoms with van der Waals surface area (Å²) in [5, 5.41) is 8.97. The third kappa shape index (κ3) is 3.76. The summed E-state index contributed by atoms with van der Waals surface area (Å²) >= 11 is 0. The zero-order valence-corrected chi connectivity index (χ0v) is 14.2. The molecule has 4 nitrogen and oxygen atoms in total. The van der Waals surface area contributed by atoms with Crippen LogP contribution in [0.2, 0.25) is 0 Å². The first-order chi connectivity index (χ1) is 12.5. The lowest BCUT2D eigenvalue weighted by molar-refractivity contribution is 0.0999. The molecule has 0 saturated carbocycles. The van der Waals surface area contributed by atoms with E-state index in [1.54, 1.807) is 24.4 Å². The molecule has 1 aromatic heterocycles. The van der Waals surface area contributed by atoms with Crippen LogP contribution in [0.15, 0.2) is 54.7 Å². The number of pyridine rings is 1. The van der Waals surface area contributed by atoms with E-state index in [0.29, 0.717) is 17.5 Å². The molecule has 3 rings (SSSR count). The highest BCUT2D eigenvalue weighted by Crippen LogP contribution is 2.22. The van der Waals surface area contributed by atoms with E-state index >= 15 is 0 Å². The van der Waals surface area contributed by atoms with Crippen molar-refractivity contribution in [1.82, 2.24) is 4.98 Å². The first kappa shape index (κ1) is 17.3. The second kappa shape index (κ2) is 7.16. The molecule has 2 N–H and O–H groups in total. The zero-order valence-electron chi connectivity index (χ0n) is 14.2. The van der Waals surface area contributed by atoms with Crippen LogP contribution in [0.1, 0.15) is 32.6 Å². The number of carbonyl (C=O) groups is 1. The number of nitrogens with zero attached hydrogens (tertiary/aromatic N) is 2. The SMILES string of the molecule is Cc1cc(-c2cc(Cc3cc(F)cc(C#N)c3)ccn2)ccc1C(N)=O. The van der Waals surface area contributed by atoms with Gasteiger partial charge in [-0.15, -0.1) is 0 Å². The van der Waals surface area contributed by atoms with Crippen molar-refractivity contribution in [2.24, 2.45) is 5.73 Å². The first-order valence-corrected chi connectivity index (χ1v) is 8.01. The molecule has 3 aromatic rings. The summed E-state index contributed by atoms with van der Waals surface area (Å²) in [7, 11) is 0. The van der Waals surface area contributed by atoms with E-state index < -0.39 is 11.7 Å². The Morgan fingerprint density at radius 1 is 1.15 bits per heavy atom. The van der Waals surface area contributed by atoms with Crippen LogP contribution in [0, 0.1) is 24.1 Å². The van der Waals surface area contributed by atoms with Gasteiger partial charge in [0.25, 0.3) is 0 Å². The molecule has 2 aromatic carbocycles. The zero-order chi connectivity index (χ0) is 18.7. The van der Waals surface area contributed by atoms with E-state index in [0.717, 1.165) is 27.9 Å². The van der Waals surface area contributed by atoms with Gasteiger partial charge in [-0.05, 0) is 72.5 Å². The average molecular weight is 345 g/mol. The first-order valence-electron chi connectivity index (χ1n) is 8.01. The summed E-state index contributed by atoms with van der Waals surface area (Å²) in [6, 6.07) is 15.4. The van der Waals surface area contributed by atoms with Crippen molar-refractivity contribution in [3.63, 3.8) is 0 Å². The third-order valence-corrected chi connectivity index (χ3v) is 4.11. The van der Waals surface area contributed by atoms with Crippen LogP contribution < -0.4 is 5.73 Å². The Morgan fingerprint density at radius 2 is 1.96 bits per heavy atom. The van der Waals surface area contributed by atoms with Crippen LogP contribution in [0.5, 0.6) is 0 Å². The number of carbonyl (C=O) groups excluding carboxylic acids is 1. The Morgan fingerprint density at radius 3 is 2.65 bits per heavy atom. The Balaban J connectivity index is 1.92. The number of hydrogen-bond donors (Lipinski definition) is 1. The number of halogens is 1. The predicted octanol–water partition coefficient (Wildman–Crippen LogP) is 3.76. The highest BCUT2D eigenvalue weighted by atomic mass is 19.1. The van der Waals surface area contributed by atoms with E-state index in [2.05, 4.69) is 4.98 Å². The topological polar surface area (TPSA) is 79.8 Å². The van der Waals surface area contributed by atoms with Crippen LogP contribution in [0.25, 0.3) is 11.3 Å². The monoisotopic (exact) mass is 345 g/mol. The normalized spacial score (nSPS) is 10.3. The molecule has 0 spiro atoms. The fourth-order valence-corrected chi connectivity index (χ4v) is 2.89. The molecule has 5 heteroatoms. The van der Waals surface area contributed by atoms with Gasteiger partial charge in [-0.1, -0.05) is 6.07 Å². The molecule has 0 aliphatic rings. The summed E-state index contributed by atoms with van der Waals surface area (Å²) in [5.41, 5.74) is 10.2. The van der Waals surface area contributed by atoms with Gasteiger partial charge in [0.05, 0.1) is 17.3 Å². The van der Waals surface area contributed by atoms with Gasteiger partial charge in [0.2, 0.25) is 5.91 Å². The molecule has 0 saturated heterocycles. The van der Waals surface area contributed by atoms with Crippen LogP contribution in [0.4, 0.5) is 4.39 Å². The predicted molar refractivity (Wildman–Crippen MR) is 96.8 cm³/mol. The summed E-state index contributed by atoms with van der Waals surface area (Å²) in [6.07, 6.45) is 2.17. The van der Waals surface area contributed by atoms with Crippen LogP contribution in [-0.2, 0) is 6.42 Å². The van der Waals surface area contributed by atoms with Gasteiger partial charge in [0, 0.05) is 17.3 Å². The maximum Gasteiger partial charge on any atom is 0.248 e. The van der Waals surface area contributed by atoms with Gasteiger partial charge in [0.1, 0.15) is 5.82 Å². The Kier molecular flexibility index (Phi) is 4.76. The smallest absolute Gasteiger partial charge is 0.248 e. The average Bonchev–Trinajstić information content (AvgIpc) is 2.61. The quantitative estimate of drug-likeness (QED) is 0.782. The Labute approximate surface area is 150 Å². The summed E-state index contributed by atoms with van der Waals surface area (Å²) < 4.78 is 13.6. The molecule has 0 radical (unpaired) electrons. The van der Waals surface area contributed by atoms with Crippen LogP contribution >= 0.6 is 0 Å². The van der Waals surface area contributed by atoms with Crippen molar-refractivity contribution in [3.8, 4) is 17.3 Å². The molecule has 0 aliphatic heterocycles. The molecule has 1 heterocycles. The number of aromatic nitrogens is 1. The van der Waals surface area contributed by atoms with E-state index in [9.17, 15) is 9.18 Å². The van der Waals surface area contributed by atoms with Gasteiger partial charge in [0.15, 0.2) is 0 Å². The second-order valence-corrected chi connectivity index (χ2v) is 6.08. The maximum absolute atomic E-state index is 13.6. The number of benzene rings is 2. The van der Waals surface area contributed by atoms with Crippen LogP contribution in [-0.4, -0.2) is 10.9 Å². The van der Waals surface area contributed by atoms with E-state index in [4.69, 9.17) is 11.0 Å². The van der Waals surface area contributed by atoms with Crippen molar-refractivity contribution in [3.05, 3.63) is 88.4 Å². The molecule has 0 unspecified atom stereocenters. The Hall–Kier alpha value is -3.52. The van der Waals surface area contributed by atoms with Crippen molar-refractivity contribution < 1.29 is 9.18 Å². The number of nitrogens with two attached hydrogens (primary N) is 1. The van der Waals surface area contributed by atoms with E-state index in [1.165, 1.54) is 12.1 Å². The highest BCUT2D eigenvalue weighted by Gasteiger charge is 2.08. The van der Waals surface area contributed by atoms with Crippen molar-refractivity contribution in [2.75, 3.05) is 0 Å². The van der Waals surface area contributed by atoms with E-state index in [1.807, 2.05) is 31.2 Å². The molecule has 0 aliphatic carbocycles. The second-order valence-electron chi connectivity index (χ2n) is 6.08. The number of nitriles is 1. The molecular formula is C21H16FN3O. The van der Waals surface area contributed by atoms with Gasteiger partial charge in [-0.3, -0.25) is 9.78 Å². The molecular weight excluding hydrogens is 329 g/mol. The van der Waals surface area contributed by atoms with Crippen molar-refractivity contribution >= 4 is 5.91 Å². The maximum atomic E-state index is 13.6. The molecule has 0 atom stereocenters. The minimum absolute atomic E-state index is 0.298. The molecule has 0 fully saturated rings. The number of hydrogen-bond acceptors (Lipinski definition) is 3. The lowest BCUT2D eigenvalue weighted by atomic mass is 9.99. The number of rotatable bonds is 4. The largest absolute Gasteiger partial charge is 0.366 e. The summed E-state index contributed by atoms with van der Waals surface area (Å²) in [4.78, 5) is 15.7. The van der Waals surface area contributed by atoms with Crippen molar-refractivity contribution in [2.45, 2.75) is 13.3 Å². The number of aryl methyl sites for hydroxylation is 1. The highest BCUT2D eigenvalue weighted by molar-refractivity contribution is 5.94. The lowest BCUT2D eigenvalue weighted by Gasteiger charge is -2.08. The van der Waals surface area contributed by atoms with E-state index in [-0.39, 0.29) is 0 Å². The molecule has 26 heavy (non-hydrogen) atoms. The van der Waals surface area contributed by atoms with Gasteiger partial charge < -0.3 is 5.73 Å². The summed E-state index contributed by atoms with van der Waals surface area (Å²) in [5.74, 6) is -0.888. The summed E-state index contributed by atoms with van der Waals surface area (Å²) in [6.45, 7) is 1.82. The molecule has 128 valence electrons. The van der Waals surface area contributed by atoms with Gasteiger partial charge >= 0.3 is 0 Å². The number of amides is 1. The fraction of sp³-hybridized carbons (Fsp3) is 0.0952. The molecule has 0 bridgehead atoms. The minimum atomic E-state index is -0.463. The number of primary amides is 1. The van der Waals surface area contributed by atoms with Crippen LogP contribution in [0.3, 0.4) is 0 Å². The fourth-order valence-electron chi connectivity index (χ4n) is 2.89. The Bertz CT molecular complexity index is 1040. The lowest BCUT2D eigenvalue weighted by Crippen LogP contribution is -2.12. The van der Waals surface area contributed by atoms with Crippen molar-refractivity contribution in [1.29, 1.82) is 5.26 Å². The standard InChI is InChI=1S/C21H16FN3O/c1-13-6-17(2-3-19(13)21(24)26)20-11-14(4-5-25-20)7-15-8-16(12-23)10-18(22)9-15/h2-6,8-11H,7H2,1H3,(H2,24,26).